The van der Waals surface area contributed by atoms with Gasteiger partial charge in [0.1, 0.15) is 5.75 Å². The van der Waals surface area contributed by atoms with Gasteiger partial charge in [0, 0.05) is 11.1 Å². The number of amides is 1. The molecular formula is C21H23ClN2O4S. The number of ether oxygens (including phenoxy) is 1. The zero-order chi connectivity index (χ0) is 20.4. The molecule has 1 atom stereocenters. The molecule has 1 amide bonds. The van der Waals surface area contributed by atoms with Crippen molar-refractivity contribution in [2.24, 2.45) is 0 Å². The van der Waals surface area contributed by atoms with E-state index in [1.165, 1.54) is 22.9 Å². The Morgan fingerprint density at radius 1 is 1.07 bits per heavy atom. The molecular weight excluding hydrogens is 412 g/mol. The first-order valence-corrected chi connectivity index (χ1v) is 11.6. The van der Waals surface area contributed by atoms with Gasteiger partial charge in [0.05, 0.1) is 17.1 Å². The Balaban J connectivity index is 1.65. The van der Waals surface area contributed by atoms with E-state index >= 15 is 0 Å². The number of halogens is 1. The molecule has 0 bridgehead atoms. The summed E-state index contributed by atoms with van der Waals surface area (Å²) < 4.78 is 33.7. The third kappa shape index (κ3) is 4.21. The van der Waals surface area contributed by atoms with E-state index in [2.05, 4.69) is 5.32 Å². The van der Waals surface area contributed by atoms with E-state index in [9.17, 15) is 13.2 Å². The van der Waals surface area contributed by atoms with E-state index in [1.54, 1.807) is 36.4 Å². The highest BCUT2D eigenvalue weighted by Crippen LogP contribution is 2.38. The summed E-state index contributed by atoms with van der Waals surface area (Å²) in [5.74, 6) is 0.0368. The molecule has 2 aliphatic rings. The zero-order valence-corrected chi connectivity index (χ0v) is 17.5. The molecule has 2 aromatic rings. The summed E-state index contributed by atoms with van der Waals surface area (Å²) in [6.07, 6.45) is 4.32. The molecule has 0 unspecified atom stereocenters. The van der Waals surface area contributed by atoms with Gasteiger partial charge >= 0.3 is 0 Å². The van der Waals surface area contributed by atoms with Crippen LogP contribution < -0.4 is 14.4 Å². The van der Waals surface area contributed by atoms with Gasteiger partial charge in [-0.25, -0.2) is 8.42 Å². The van der Waals surface area contributed by atoms with Gasteiger partial charge in [0.25, 0.3) is 15.9 Å². The van der Waals surface area contributed by atoms with Crippen molar-refractivity contribution in [2.45, 2.75) is 49.1 Å². The number of fused-ring (bicyclic) bond motifs is 1. The predicted molar refractivity (Wildman–Crippen MR) is 112 cm³/mol. The van der Waals surface area contributed by atoms with Crippen molar-refractivity contribution in [1.82, 2.24) is 5.32 Å². The number of benzene rings is 2. The van der Waals surface area contributed by atoms with Crippen LogP contribution in [0, 0.1) is 0 Å². The van der Waals surface area contributed by atoms with Gasteiger partial charge in [-0.15, -0.1) is 0 Å². The number of nitrogens with one attached hydrogen (secondary N) is 1. The number of anilines is 1. The maximum absolute atomic E-state index is 13.3. The Morgan fingerprint density at radius 3 is 2.52 bits per heavy atom. The Bertz CT molecular complexity index is 991. The molecule has 0 radical (unpaired) electrons. The van der Waals surface area contributed by atoms with Crippen LogP contribution in [-0.4, -0.2) is 33.0 Å². The van der Waals surface area contributed by atoms with Crippen LogP contribution in [-0.2, 0) is 14.8 Å². The second kappa shape index (κ2) is 8.24. The summed E-state index contributed by atoms with van der Waals surface area (Å²) in [5.41, 5.74) is 0.336. The average molecular weight is 435 g/mol. The van der Waals surface area contributed by atoms with Crippen molar-refractivity contribution in [1.29, 1.82) is 0 Å². The van der Waals surface area contributed by atoms with Gasteiger partial charge in [-0.1, -0.05) is 49.1 Å². The first kappa shape index (κ1) is 20.0. The van der Waals surface area contributed by atoms with Crippen LogP contribution in [0.2, 0.25) is 5.02 Å². The average Bonchev–Trinajstić information content (AvgIpc) is 2.74. The largest absolute Gasteiger partial charge is 0.476 e. The zero-order valence-electron chi connectivity index (χ0n) is 15.9. The summed E-state index contributed by atoms with van der Waals surface area (Å²) in [7, 11) is -3.88. The molecule has 0 spiro atoms. The fourth-order valence-electron chi connectivity index (χ4n) is 3.85. The monoisotopic (exact) mass is 434 g/mol. The van der Waals surface area contributed by atoms with Gasteiger partial charge in [-0.2, -0.15) is 0 Å². The van der Waals surface area contributed by atoms with E-state index < -0.39 is 16.1 Å². The smallest absolute Gasteiger partial charge is 0.264 e. The number of hydrogen-bond donors (Lipinski definition) is 1. The molecule has 8 heteroatoms. The summed E-state index contributed by atoms with van der Waals surface area (Å²) in [6, 6.07) is 13.0. The Hall–Kier alpha value is -2.25. The number of rotatable bonds is 4. The van der Waals surface area contributed by atoms with Crippen molar-refractivity contribution in [3.8, 4) is 5.75 Å². The molecule has 4 rings (SSSR count). The second-order valence-electron chi connectivity index (χ2n) is 7.41. The van der Waals surface area contributed by atoms with Gasteiger partial charge < -0.3 is 10.1 Å². The number of hydrogen-bond acceptors (Lipinski definition) is 4. The fourth-order valence-corrected chi connectivity index (χ4v) is 5.50. The third-order valence-corrected chi connectivity index (χ3v) is 7.39. The molecule has 0 saturated heterocycles. The predicted octanol–water partition coefficient (Wildman–Crippen LogP) is 3.75. The molecule has 6 nitrogen and oxygen atoms in total. The minimum Gasteiger partial charge on any atom is -0.476 e. The molecule has 154 valence electrons. The lowest BCUT2D eigenvalue weighted by atomic mass is 9.95. The minimum atomic E-state index is -3.88. The maximum atomic E-state index is 13.3. The van der Waals surface area contributed by atoms with E-state index in [0.29, 0.717) is 16.5 Å². The van der Waals surface area contributed by atoms with Crippen LogP contribution in [0.25, 0.3) is 0 Å². The molecule has 29 heavy (non-hydrogen) atoms. The highest BCUT2D eigenvalue weighted by molar-refractivity contribution is 7.92. The van der Waals surface area contributed by atoms with Crippen LogP contribution >= 0.6 is 11.6 Å². The lowest BCUT2D eigenvalue weighted by Gasteiger charge is -2.35. The van der Waals surface area contributed by atoms with Gasteiger partial charge in [0.15, 0.2) is 6.10 Å². The maximum Gasteiger partial charge on any atom is 0.264 e. The van der Waals surface area contributed by atoms with E-state index in [-0.39, 0.29) is 23.4 Å². The topological polar surface area (TPSA) is 75.7 Å². The molecule has 1 aliphatic carbocycles. The van der Waals surface area contributed by atoms with Crippen LogP contribution in [0.5, 0.6) is 5.75 Å². The first-order chi connectivity index (χ1) is 13.9. The summed E-state index contributed by atoms with van der Waals surface area (Å²) in [5, 5.41) is 3.43. The molecule has 1 aliphatic heterocycles. The molecule has 1 fully saturated rings. The SMILES string of the molecule is O=C(NC1CCCCC1)[C@@H]1CN(S(=O)(=O)c2ccccc2)c2cc(Cl)ccc2O1. The van der Waals surface area contributed by atoms with Gasteiger partial charge in [-0.05, 0) is 43.2 Å². The first-order valence-electron chi connectivity index (χ1n) is 9.79. The fraction of sp³-hybridized carbons (Fsp3) is 0.381. The Kier molecular flexibility index (Phi) is 5.69. The molecule has 1 heterocycles. The van der Waals surface area contributed by atoms with E-state index in [0.717, 1.165) is 25.7 Å². The normalized spacial score (nSPS) is 19.9. The standard InChI is InChI=1S/C21H23ClN2O4S/c22-15-11-12-19-18(13-15)24(29(26,27)17-9-5-2-6-10-17)14-20(28-19)21(25)23-16-7-3-1-4-8-16/h2,5-6,9-13,16,20H,1,3-4,7-8,14H2,(H,23,25)/t20-/m0/s1. The van der Waals surface area contributed by atoms with Crippen molar-refractivity contribution in [3.05, 3.63) is 53.6 Å². The lowest BCUT2D eigenvalue weighted by molar-refractivity contribution is -0.128. The molecule has 1 N–H and O–H groups in total. The van der Waals surface area contributed by atoms with Crippen molar-refractivity contribution in [3.63, 3.8) is 0 Å². The van der Waals surface area contributed by atoms with E-state index in [1.807, 2.05) is 0 Å². The summed E-state index contributed by atoms with van der Waals surface area (Å²) in [6.45, 7) is -0.108. The second-order valence-corrected chi connectivity index (χ2v) is 9.71. The molecule has 2 aromatic carbocycles. The highest BCUT2D eigenvalue weighted by atomic mass is 35.5. The van der Waals surface area contributed by atoms with E-state index in [4.69, 9.17) is 16.3 Å². The van der Waals surface area contributed by atoms with Crippen LogP contribution in [0.4, 0.5) is 5.69 Å². The lowest BCUT2D eigenvalue weighted by Crippen LogP contribution is -2.52. The Morgan fingerprint density at radius 2 is 1.79 bits per heavy atom. The van der Waals surface area contributed by atoms with Crippen molar-refractivity contribution < 1.29 is 17.9 Å². The number of carbonyl (C=O) groups excluding carboxylic acids is 1. The molecule has 0 aromatic heterocycles. The number of carbonyl (C=O) groups is 1. The van der Waals surface area contributed by atoms with Crippen LogP contribution in [0.15, 0.2) is 53.4 Å². The molecule has 1 saturated carbocycles. The minimum absolute atomic E-state index is 0.108. The third-order valence-electron chi connectivity index (χ3n) is 5.37. The van der Waals surface area contributed by atoms with Crippen molar-refractivity contribution >= 4 is 33.2 Å². The van der Waals surface area contributed by atoms with Crippen molar-refractivity contribution in [2.75, 3.05) is 10.8 Å². The highest BCUT2D eigenvalue weighted by Gasteiger charge is 2.38. The van der Waals surface area contributed by atoms with Crippen LogP contribution in [0.3, 0.4) is 0 Å². The number of nitrogens with zero attached hydrogens (tertiary/aromatic N) is 1. The summed E-state index contributed by atoms with van der Waals surface area (Å²) >= 11 is 6.11. The Labute approximate surface area is 175 Å². The van der Waals surface area contributed by atoms with Crippen LogP contribution in [0.1, 0.15) is 32.1 Å². The summed E-state index contributed by atoms with van der Waals surface area (Å²) in [4.78, 5) is 13.0. The van der Waals surface area contributed by atoms with Gasteiger partial charge in [-0.3, -0.25) is 9.10 Å². The quantitative estimate of drug-likeness (QED) is 0.795. The number of sulfonamides is 1. The van der Waals surface area contributed by atoms with Gasteiger partial charge in [0.2, 0.25) is 0 Å².